The van der Waals surface area contributed by atoms with E-state index in [0.29, 0.717) is 6.04 Å². The van der Waals surface area contributed by atoms with Crippen molar-refractivity contribution >= 4 is 43.2 Å². The normalized spacial score (nSPS) is 12.6. The van der Waals surface area contributed by atoms with Crippen LogP contribution < -0.4 is 5.32 Å². The topological polar surface area (TPSA) is 12.0 Å². The summed E-state index contributed by atoms with van der Waals surface area (Å²) in [4.78, 5) is 0. The van der Waals surface area contributed by atoms with Gasteiger partial charge in [0.05, 0.1) is 0 Å². The molecule has 0 amide bonds. The van der Waals surface area contributed by atoms with Gasteiger partial charge in [-0.05, 0) is 59.6 Å². The minimum atomic E-state index is 0.346. The molecular weight excluding hydrogens is 362 g/mol. The Balaban J connectivity index is 2.22. The molecule has 0 aliphatic heterocycles. The number of benzene rings is 1. The van der Waals surface area contributed by atoms with Crippen LogP contribution in [0.2, 0.25) is 0 Å². The van der Waals surface area contributed by atoms with E-state index in [4.69, 9.17) is 0 Å². The molecule has 2 aromatic rings. The summed E-state index contributed by atoms with van der Waals surface area (Å²) in [5.74, 6) is 0. The van der Waals surface area contributed by atoms with E-state index in [-0.39, 0.29) is 0 Å². The van der Waals surface area contributed by atoms with Gasteiger partial charge in [-0.2, -0.15) is 11.3 Å². The summed E-state index contributed by atoms with van der Waals surface area (Å²) in [7, 11) is 2.01. The maximum atomic E-state index is 3.53. The van der Waals surface area contributed by atoms with Crippen LogP contribution in [0.15, 0.2) is 44.0 Å². The molecule has 1 unspecified atom stereocenters. The van der Waals surface area contributed by atoms with Crippen molar-refractivity contribution in [2.45, 2.75) is 12.5 Å². The third-order valence-corrected chi connectivity index (χ3v) is 4.30. The molecule has 0 spiro atoms. The molecular formula is C13H13Br2NS. The number of nitrogens with one attached hydrogen (secondary N) is 1. The Morgan fingerprint density at radius 1 is 1.24 bits per heavy atom. The SMILES string of the molecule is CNC(Cc1ccsc1)c1cc(Br)cc(Br)c1. The highest BCUT2D eigenvalue weighted by atomic mass is 79.9. The van der Waals surface area contributed by atoms with Crippen LogP contribution in [0.3, 0.4) is 0 Å². The molecule has 0 aliphatic carbocycles. The third-order valence-electron chi connectivity index (χ3n) is 2.66. The average molecular weight is 375 g/mol. The Hall–Kier alpha value is -0.160. The Morgan fingerprint density at radius 2 is 1.94 bits per heavy atom. The first-order valence-electron chi connectivity index (χ1n) is 5.33. The monoisotopic (exact) mass is 373 g/mol. The lowest BCUT2D eigenvalue weighted by atomic mass is 10.0. The van der Waals surface area contributed by atoms with Crippen LogP contribution in [-0.2, 0) is 6.42 Å². The van der Waals surface area contributed by atoms with Gasteiger partial charge in [0, 0.05) is 15.0 Å². The van der Waals surface area contributed by atoms with Crippen LogP contribution in [-0.4, -0.2) is 7.05 Å². The molecule has 0 fully saturated rings. The molecule has 1 aromatic carbocycles. The minimum Gasteiger partial charge on any atom is -0.313 e. The molecule has 2 rings (SSSR count). The zero-order valence-corrected chi connectivity index (χ0v) is 13.4. The van der Waals surface area contributed by atoms with Crippen molar-refractivity contribution in [1.29, 1.82) is 0 Å². The van der Waals surface area contributed by atoms with E-state index in [0.717, 1.165) is 15.4 Å². The number of likely N-dealkylation sites (N-methyl/N-ethyl adjacent to an activating group) is 1. The predicted molar refractivity (Wildman–Crippen MR) is 81.7 cm³/mol. The number of thiophene rings is 1. The van der Waals surface area contributed by atoms with Crippen molar-refractivity contribution in [2.75, 3.05) is 7.05 Å². The lowest BCUT2D eigenvalue weighted by Crippen LogP contribution is -2.18. The predicted octanol–water partition coefficient (Wildman–Crippen LogP) is 4.78. The highest BCUT2D eigenvalue weighted by Crippen LogP contribution is 2.26. The Kier molecular flexibility index (Phi) is 4.79. The minimum absolute atomic E-state index is 0.346. The molecule has 4 heteroatoms. The smallest absolute Gasteiger partial charge is 0.0359 e. The Morgan fingerprint density at radius 3 is 2.47 bits per heavy atom. The van der Waals surface area contributed by atoms with E-state index in [1.54, 1.807) is 11.3 Å². The standard InChI is InChI=1S/C13H13Br2NS/c1-16-13(4-9-2-3-17-8-9)10-5-11(14)7-12(15)6-10/h2-3,5-8,13,16H,4H2,1H3. The second-order valence-electron chi connectivity index (χ2n) is 3.88. The zero-order valence-electron chi connectivity index (χ0n) is 9.41. The van der Waals surface area contributed by atoms with E-state index >= 15 is 0 Å². The van der Waals surface area contributed by atoms with Gasteiger partial charge in [-0.3, -0.25) is 0 Å². The first-order valence-corrected chi connectivity index (χ1v) is 7.86. The molecule has 1 atom stereocenters. The summed E-state index contributed by atoms with van der Waals surface area (Å²) < 4.78 is 2.21. The van der Waals surface area contributed by atoms with Crippen molar-refractivity contribution in [1.82, 2.24) is 5.32 Å². The molecule has 0 saturated heterocycles. The van der Waals surface area contributed by atoms with Crippen LogP contribution in [0.1, 0.15) is 17.2 Å². The molecule has 0 radical (unpaired) electrons. The number of rotatable bonds is 4. The fourth-order valence-electron chi connectivity index (χ4n) is 1.81. The molecule has 17 heavy (non-hydrogen) atoms. The van der Waals surface area contributed by atoms with Gasteiger partial charge in [0.2, 0.25) is 0 Å². The van der Waals surface area contributed by atoms with Crippen molar-refractivity contribution in [3.05, 3.63) is 55.1 Å². The van der Waals surface area contributed by atoms with E-state index in [2.05, 4.69) is 72.2 Å². The van der Waals surface area contributed by atoms with Crippen LogP contribution in [0.4, 0.5) is 0 Å². The largest absolute Gasteiger partial charge is 0.313 e. The summed E-state index contributed by atoms with van der Waals surface area (Å²) in [6.45, 7) is 0. The van der Waals surface area contributed by atoms with E-state index in [1.165, 1.54) is 11.1 Å². The van der Waals surface area contributed by atoms with E-state index in [1.807, 2.05) is 7.05 Å². The Bertz CT molecular complexity index is 462. The number of hydrogen-bond acceptors (Lipinski definition) is 2. The maximum Gasteiger partial charge on any atom is 0.0359 e. The highest BCUT2D eigenvalue weighted by molar-refractivity contribution is 9.11. The fourth-order valence-corrected chi connectivity index (χ4v) is 3.82. The van der Waals surface area contributed by atoms with Crippen LogP contribution in [0.5, 0.6) is 0 Å². The molecule has 1 aromatic heterocycles. The third kappa shape index (κ3) is 3.65. The van der Waals surface area contributed by atoms with Crippen molar-refractivity contribution < 1.29 is 0 Å². The first kappa shape index (κ1) is 13.3. The van der Waals surface area contributed by atoms with Gasteiger partial charge < -0.3 is 5.32 Å². The molecule has 0 saturated carbocycles. The quantitative estimate of drug-likeness (QED) is 0.812. The fraction of sp³-hybridized carbons (Fsp3) is 0.231. The van der Waals surface area contributed by atoms with Gasteiger partial charge >= 0.3 is 0 Å². The van der Waals surface area contributed by atoms with Crippen LogP contribution >= 0.6 is 43.2 Å². The van der Waals surface area contributed by atoms with Crippen molar-refractivity contribution in [3.63, 3.8) is 0 Å². The number of hydrogen-bond donors (Lipinski definition) is 1. The van der Waals surface area contributed by atoms with Gasteiger partial charge in [0.25, 0.3) is 0 Å². The summed E-state index contributed by atoms with van der Waals surface area (Å²) in [5, 5.41) is 7.70. The van der Waals surface area contributed by atoms with Gasteiger partial charge in [-0.25, -0.2) is 0 Å². The van der Waals surface area contributed by atoms with Gasteiger partial charge in [-0.1, -0.05) is 31.9 Å². The summed E-state index contributed by atoms with van der Waals surface area (Å²) in [5.41, 5.74) is 2.67. The zero-order chi connectivity index (χ0) is 12.3. The van der Waals surface area contributed by atoms with Gasteiger partial charge in [0.15, 0.2) is 0 Å². The van der Waals surface area contributed by atoms with Crippen LogP contribution in [0.25, 0.3) is 0 Å². The summed E-state index contributed by atoms with van der Waals surface area (Å²) >= 11 is 8.81. The molecule has 90 valence electrons. The van der Waals surface area contributed by atoms with Crippen molar-refractivity contribution in [2.24, 2.45) is 0 Å². The second kappa shape index (κ2) is 6.14. The lowest BCUT2D eigenvalue weighted by molar-refractivity contribution is 0.592. The second-order valence-corrected chi connectivity index (χ2v) is 6.49. The molecule has 1 N–H and O–H groups in total. The average Bonchev–Trinajstić information content (AvgIpc) is 2.77. The van der Waals surface area contributed by atoms with E-state index < -0.39 is 0 Å². The van der Waals surface area contributed by atoms with Gasteiger partial charge in [-0.15, -0.1) is 0 Å². The summed E-state index contributed by atoms with van der Waals surface area (Å²) in [6.07, 6.45) is 1.02. The Labute approximate surface area is 123 Å². The van der Waals surface area contributed by atoms with Gasteiger partial charge in [0.1, 0.15) is 0 Å². The molecule has 1 nitrogen and oxygen atoms in total. The molecule has 0 aliphatic rings. The summed E-state index contributed by atoms with van der Waals surface area (Å²) in [6, 6.07) is 8.91. The molecule has 1 heterocycles. The van der Waals surface area contributed by atoms with Crippen molar-refractivity contribution in [3.8, 4) is 0 Å². The highest BCUT2D eigenvalue weighted by Gasteiger charge is 2.11. The number of halogens is 2. The first-order chi connectivity index (χ1) is 8.19. The molecule has 0 bridgehead atoms. The van der Waals surface area contributed by atoms with E-state index in [9.17, 15) is 0 Å². The van der Waals surface area contributed by atoms with Crippen LogP contribution in [0, 0.1) is 0 Å². The lowest BCUT2D eigenvalue weighted by Gasteiger charge is -2.16. The maximum absolute atomic E-state index is 3.53.